The van der Waals surface area contributed by atoms with Crippen LogP contribution in [-0.4, -0.2) is 49.4 Å². The van der Waals surface area contributed by atoms with E-state index in [0.717, 1.165) is 17.0 Å². The summed E-state index contributed by atoms with van der Waals surface area (Å²) in [5, 5.41) is 4.09. The Morgan fingerprint density at radius 2 is 2.07 bits per heavy atom. The van der Waals surface area contributed by atoms with Crippen molar-refractivity contribution in [2.75, 3.05) is 13.1 Å². The van der Waals surface area contributed by atoms with Gasteiger partial charge in [-0.2, -0.15) is 10.1 Å². The van der Waals surface area contributed by atoms with Crippen LogP contribution in [0.4, 0.5) is 13.2 Å². The molecule has 1 atom stereocenters. The predicted octanol–water partition coefficient (Wildman–Crippen LogP) is 3.49. The van der Waals surface area contributed by atoms with Crippen LogP contribution in [0.25, 0.3) is 5.78 Å². The second-order valence-corrected chi connectivity index (χ2v) is 7.33. The Balaban J connectivity index is 1.71. The number of alkyl halides is 2. The van der Waals surface area contributed by atoms with E-state index in [1.807, 2.05) is 0 Å². The van der Waals surface area contributed by atoms with E-state index in [4.69, 9.17) is 11.6 Å². The number of aromatic nitrogens is 4. The van der Waals surface area contributed by atoms with Crippen molar-refractivity contribution in [2.45, 2.75) is 25.2 Å². The third-order valence-corrected chi connectivity index (χ3v) is 4.85. The van der Waals surface area contributed by atoms with E-state index in [1.165, 1.54) is 16.9 Å². The second-order valence-electron chi connectivity index (χ2n) is 6.90. The first-order chi connectivity index (χ1) is 13.2. The highest BCUT2D eigenvalue weighted by atomic mass is 35.5. The lowest BCUT2D eigenvalue weighted by Gasteiger charge is -2.37. The molecule has 0 N–H and O–H groups in total. The zero-order valence-electron chi connectivity index (χ0n) is 14.7. The maximum atomic E-state index is 14.5. The van der Waals surface area contributed by atoms with Crippen LogP contribution in [-0.2, 0) is 0 Å². The lowest BCUT2D eigenvalue weighted by Crippen LogP contribution is -2.49. The predicted molar refractivity (Wildman–Crippen MR) is 95.1 cm³/mol. The number of piperidine rings is 1. The topological polar surface area (TPSA) is 63.4 Å². The summed E-state index contributed by atoms with van der Waals surface area (Å²) >= 11 is 5.80. The summed E-state index contributed by atoms with van der Waals surface area (Å²) in [5.74, 6) is -4.90. The molecule has 3 aromatic rings. The minimum Gasteiger partial charge on any atom is -0.332 e. The molecule has 0 bridgehead atoms. The minimum atomic E-state index is -3.11. The highest BCUT2D eigenvalue weighted by Crippen LogP contribution is 2.37. The summed E-state index contributed by atoms with van der Waals surface area (Å²) in [6.07, 6.45) is 0.850. The molecule has 3 heterocycles. The standard InChI is InChI=1S/C18H15ClF3N5O/c1-10-2-15(27-17(25-10)23-9-24-27)12-6-18(21,22)8-26(7-12)16(28)11-3-13(19)5-14(20)4-11/h2-5,9,12H,6-8H2,1H3. The van der Waals surface area contributed by atoms with Crippen molar-refractivity contribution in [1.82, 2.24) is 24.5 Å². The molecule has 146 valence electrons. The first kappa shape index (κ1) is 18.7. The maximum Gasteiger partial charge on any atom is 0.266 e. The molecule has 1 aliphatic heterocycles. The largest absolute Gasteiger partial charge is 0.332 e. The highest BCUT2D eigenvalue weighted by Gasteiger charge is 2.43. The van der Waals surface area contributed by atoms with Gasteiger partial charge < -0.3 is 4.90 Å². The van der Waals surface area contributed by atoms with Crippen LogP contribution in [0.5, 0.6) is 0 Å². The summed E-state index contributed by atoms with van der Waals surface area (Å²) in [7, 11) is 0. The Bertz CT molecular complexity index is 1050. The van der Waals surface area contributed by atoms with E-state index in [1.54, 1.807) is 13.0 Å². The van der Waals surface area contributed by atoms with Crippen LogP contribution in [0.15, 0.2) is 30.6 Å². The number of halogens is 4. The summed E-state index contributed by atoms with van der Waals surface area (Å²) in [6.45, 7) is 1.01. The molecule has 4 rings (SSSR count). The number of carbonyl (C=O) groups excluding carboxylic acids is 1. The minimum absolute atomic E-state index is 0.0257. The van der Waals surface area contributed by atoms with Gasteiger partial charge in [-0.15, -0.1) is 0 Å². The summed E-state index contributed by atoms with van der Waals surface area (Å²) in [5.41, 5.74) is 1.03. The van der Waals surface area contributed by atoms with E-state index >= 15 is 0 Å². The van der Waals surface area contributed by atoms with Crippen molar-refractivity contribution in [3.63, 3.8) is 0 Å². The normalized spacial score (nSPS) is 19.2. The average molecular weight is 410 g/mol. The van der Waals surface area contributed by atoms with Crippen molar-refractivity contribution in [2.24, 2.45) is 0 Å². The van der Waals surface area contributed by atoms with Crippen LogP contribution in [0.2, 0.25) is 5.02 Å². The van der Waals surface area contributed by atoms with Gasteiger partial charge in [-0.05, 0) is 31.2 Å². The monoisotopic (exact) mass is 409 g/mol. The molecule has 1 fully saturated rings. The third kappa shape index (κ3) is 3.54. The van der Waals surface area contributed by atoms with Crippen molar-refractivity contribution >= 4 is 23.3 Å². The molecular formula is C18H15ClF3N5O. The molecule has 1 amide bonds. The molecule has 0 aliphatic carbocycles. The smallest absolute Gasteiger partial charge is 0.266 e. The lowest BCUT2D eigenvalue weighted by atomic mass is 9.91. The Hall–Kier alpha value is -2.68. The van der Waals surface area contributed by atoms with Crippen LogP contribution >= 0.6 is 11.6 Å². The van der Waals surface area contributed by atoms with Crippen molar-refractivity contribution in [3.8, 4) is 0 Å². The quantitative estimate of drug-likeness (QED) is 0.650. The number of aryl methyl sites for hydroxylation is 1. The zero-order chi connectivity index (χ0) is 20.1. The van der Waals surface area contributed by atoms with Gasteiger partial charge in [-0.3, -0.25) is 4.79 Å². The number of rotatable bonds is 2. The summed E-state index contributed by atoms with van der Waals surface area (Å²) in [4.78, 5) is 22.0. The van der Waals surface area contributed by atoms with Crippen LogP contribution in [0.3, 0.4) is 0 Å². The van der Waals surface area contributed by atoms with Gasteiger partial charge in [0, 0.05) is 35.2 Å². The fourth-order valence-electron chi connectivity index (χ4n) is 3.56. The molecule has 1 aromatic carbocycles. The van der Waals surface area contributed by atoms with Gasteiger partial charge in [-0.1, -0.05) is 11.6 Å². The molecule has 6 nitrogen and oxygen atoms in total. The maximum absolute atomic E-state index is 14.5. The Labute approximate surface area is 163 Å². The van der Waals surface area contributed by atoms with Crippen LogP contribution in [0.1, 0.15) is 34.1 Å². The molecule has 1 saturated heterocycles. The first-order valence-electron chi connectivity index (χ1n) is 8.52. The molecule has 1 unspecified atom stereocenters. The van der Waals surface area contributed by atoms with Gasteiger partial charge in [-0.25, -0.2) is 22.7 Å². The SMILES string of the molecule is Cc1cc(C2CN(C(=O)c3cc(F)cc(Cl)c3)CC(F)(F)C2)n2ncnc2n1. The van der Waals surface area contributed by atoms with E-state index in [-0.39, 0.29) is 17.1 Å². The second kappa shape index (κ2) is 6.73. The third-order valence-electron chi connectivity index (χ3n) is 4.63. The van der Waals surface area contributed by atoms with Crippen molar-refractivity contribution in [1.29, 1.82) is 0 Å². The number of amides is 1. The lowest BCUT2D eigenvalue weighted by molar-refractivity contribution is -0.0641. The first-order valence-corrected chi connectivity index (χ1v) is 8.90. The van der Waals surface area contributed by atoms with Crippen molar-refractivity contribution in [3.05, 3.63) is 58.4 Å². The average Bonchev–Trinajstić information content (AvgIpc) is 3.06. The molecule has 2 aromatic heterocycles. The van der Waals surface area contributed by atoms with Gasteiger partial charge in [0.1, 0.15) is 12.1 Å². The number of nitrogens with zero attached hydrogens (tertiary/aromatic N) is 5. The number of benzene rings is 1. The molecule has 1 aliphatic rings. The highest BCUT2D eigenvalue weighted by molar-refractivity contribution is 6.31. The van der Waals surface area contributed by atoms with E-state index in [2.05, 4.69) is 15.1 Å². The Morgan fingerprint density at radius 3 is 2.82 bits per heavy atom. The van der Waals surface area contributed by atoms with Crippen LogP contribution in [0, 0.1) is 12.7 Å². The van der Waals surface area contributed by atoms with Gasteiger partial charge in [0.2, 0.25) is 0 Å². The zero-order valence-corrected chi connectivity index (χ0v) is 15.5. The molecular weight excluding hydrogens is 395 g/mol. The Kier molecular flexibility index (Phi) is 4.49. The molecule has 0 saturated carbocycles. The van der Waals surface area contributed by atoms with E-state index in [9.17, 15) is 18.0 Å². The van der Waals surface area contributed by atoms with Crippen molar-refractivity contribution < 1.29 is 18.0 Å². The molecule has 28 heavy (non-hydrogen) atoms. The Morgan fingerprint density at radius 1 is 1.29 bits per heavy atom. The number of likely N-dealkylation sites (tertiary alicyclic amines) is 1. The molecule has 10 heteroatoms. The van der Waals surface area contributed by atoms with Gasteiger partial charge in [0.25, 0.3) is 17.6 Å². The fraction of sp³-hybridized carbons (Fsp3) is 0.333. The summed E-state index contributed by atoms with van der Waals surface area (Å²) in [6, 6.07) is 4.96. The van der Waals surface area contributed by atoms with E-state index in [0.29, 0.717) is 17.2 Å². The number of fused-ring (bicyclic) bond motifs is 1. The van der Waals surface area contributed by atoms with Crippen LogP contribution < -0.4 is 0 Å². The number of hydrogen-bond acceptors (Lipinski definition) is 4. The molecule has 0 radical (unpaired) electrons. The van der Waals surface area contributed by atoms with Gasteiger partial charge >= 0.3 is 0 Å². The number of hydrogen-bond donors (Lipinski definition) is 0. The van der Waals surface area contributed by atoms with E-state index < -0.39 is 36.5 Å². The van der Waals surface area contributed by atoms with Gasteiger partial charge in [0.05, 0.1) is 12.2 Å². The van der Waals surface area contributed by atoms with Gasteiger partial charge in [0.15, 0.2) is 0 Å². The fourth-order valence-corrected chi connectivity index (χ4v) is 3.78. The number of carbonyl (C=O) groups is 1. The summed E-state index contributed by atoms with van der Waals surface area (Å²) < 4.78 is 44.0. The molecule has 0 spiro atoms.